The minimum absolute atomic E-state index is 0.312. The number of nitrogens with one attached hydrogen (secondary N) is 1. The van der Waals surface area contributed by atoms with E-state index in [4.69, 9.17) is 5.11 Å². The van der Waals surface area contributed by atoms with E-state index in [1.807, 2.05) is 0 Å². The molecule has 0 aromatic heterocycles. The van der Waals surface area contributed by atoms with Crippen LogP contribution in [-0.2, 0) is 0 Å². The van der Waals surface area contributed by atoms with Crippen molar-refractivity contribution in [2.45, 2.75) is 174 Å². The molecule has 0 aliphatic heterocycles. The Balaban J connectivity index is 2.98. The monoisotopic (exact) mass is 453 g/mol. The molecule has 0 spiro atoms. The fourth-order valence-electron chi connectivity index (χ4n) is 4.72. The van der Waals surface area contributed by atoms with Crippen LogP contribution in [0, 0.1) is 0 Å². The zero-order valence-electron chi connectivity index (χ0n) is 22.5. The van der Waals surface area contributed by atoms with E-state index in [1.165, 1.54) is 161 Å². The van der Waals surface area contributed by atoms with Crippen LogP contribution in [0.4, 0.5) is 0 Å². The summed E-state index contributed by atoms with van der Waals surface area (Å²) in [6, 6.07) is 0. The third-order valence-corrected chi connectivity index (χ3v) is 6.97. The molecule has 0 saturated heterocycles. The molecule has 2 heteroatoms. The van der Waals surface area contributed by atoms with Gasteiger partial charge in [0, 0.05) is 6.61 Å². The Morgan fingerprint density at radius 1 is 0.344 bits per heavy atom. The molecular weight excluding hydrogens is 390 g/mol. The molecule has 0 atom stereocenters. The molecule has 0 heterocycles. The van der Waals surface area contributed by atoms with Gasteiger partial charge >= 0.3 is 0 Å². The highest BCUT2D eigenvalue weighted by atomic mass is 16.3. The molecule has 2 nitrogen and oxygen atoms in total. The first-order valence-electron chi connectivity index (χ1n) is 15.2. The van der Waals surface area contributed by atoms with E-state index in [0.717, 1.165) is 19.5 Å². The standard InChI is InChI=1S/C30H63NO/c1-2-3-4-5-6-7-8-9-10-11-12-13-14-15-16-17-18-19-20-21-22-23-24-25-26-28-31-29-27-30-32/h31-32H,2-30H2,1H3. The van der Waals surface area contributed by atoms with Crippen molar-refractivity contribution >= 4 is 0 Å². The highest BCUT2D eigenvalue weighted by Crippen LogP contribution is 2.15. The summed E-state index contributed by atoms with van der Waals surface area (Å²) in [5.41, 5.74) is 0. The van der Waals surface area contributed by atoms with Gasteiger partial charge in [-0.25, -0.2) is 0 Å². The molecule has 0 aromatic carbocycles. The molecule has 194 valence electrons. The number of unbranched alkanes of at least 4 members (excludes halogenated alkanes) is 24. The lowest BCUT2D eigenvalue weighted by molar-refractivity contribution is 0.286. The Bertz CT molecular complexity index is 277. The molecule has 0 saturated carbocycles. The summed E-state index contributed by atoms with van der Waals surface area (Å²) in [5, 5.41) is 12.1. The number of aliphatic hydroxyl groups is 1. The Morgan fingerprint density at radius 3 is 0.875 bits per heavy atom. The van der Waals surface area contributed by atoms with Crippen molar-refractivity contribution in [1.29, 1.82) is 0 Å². The molecule has 2 N–H and O–H groups in total. The Labute approximate surface area is 204 Å². The van der Waals surface area contributed by atoms with Crippen molar-refractivity contribution in [2.24, 2.45) is 0 Å². The normalized spacial score (nSPS) is 11.4. The molecule has 0 amide bonds. The van der Waals surface area contributed by atoms with Crippen molar-refractivity contribution in [2.75, 3.05) is 19.7 Å². The molecule has 32 heavy (non-hydrogen) atoms. The van der Waals surface area contributed by atoms with Gasteiger partial charge in [0.1, 0.15) is 0 Å². The molecule has 0 aliphatic rings. The van der Waals surface area contributed by atoms with E-state index in [1.54, 1.807) is 0 Å². The lowest BCUT2D eigenvalue weighted by atomic mass is 10.0. The summed E-state index contributed by atoms with van der Waals surface area (Å²) in [4.78, 5) is 0. The minimum atomic E-state index is 0.312. The summed E-state index contributed by atoms with van der Waals surface area (Å²) >= 11 is 0. The SMILES string of the molecule is CCCCCCCCCCCCCCCCCCCCCCCCCCCNCCCO. The van der Waals surface area contributed by atoms with E-state index in [-0.39, 0.29) is 0 Å². The third kappa shape index (κ3) is 29.9. The summed E-state index contributed by atoms with van der Waals surface area (Å²) in [6.45, 7) is 4.71. The van der Waals surface area contributed by atoms with Crippen LogP contribution in [0.25, 0.3) is 0 Å². The lowest BCUT2D eigenvalue weighted by Gasteiger charge is -2.05. The molecule has 0 rings (SSSR count). The molecule has 0 bridgehead atoms. The average molecular weight is 454 g/mol. The summed E-state index contributed by atoms with van der Waals surface area (Å²) in [7, 11) is 0. The van der Waals surface area contributed by atoms with Crippen LogP contribution < -0.4 is 5.32 Å². The number of hydrogen-bond acceptors (Lipinski definition) is 2. The topological polar surface area (TPSA) is 32.3 Å². The highest BCUT2D eigenvalue weighted by Gasteiger charge is 1.96. The summed E-state index contributed by atoms with van der Waals surface area (Å²) in [5.74, 6) is 0. The van der Waals surface area contributed by atoms with Gasteiger partial charge in [-0.15, -0.1) is 0 Å². The maximum atomic E-state index is 8.72. The molecule has 0 fully saturated rings. The van der Waals surface area contributed by atoms with Crippen molar-refractivity contribution in [3.05, 3.63) is 0 Å². The molecule has 0 aliphatic carbocycles. The number of hydrogen-bond donors (Lipinski definition) is 2. The van der Waals surface area contributed by atoms with Gasteiger partial charge < -0.3 is 10.4 Å². The summed E-state index contributed by atoms with van der Waals surface area (Å²) < 4.78 is 0. The van der Waals surface area contributed by atoms with Crippen LogP contribution in [0.2, 0.25) is 0 Å². The highest BCUT2D eigenvalue weighted by molar-refractivity contribution is 4.53. The van der Waals surface area contributed by atoms with Gasteiger partial charge in [0.2, 0.25) is 0 Å². The number of rotatable bonds is 29. The van der Waals surface area contributed by atoms with Crippen LogP contribution in [0.15, 0.2) is 0 Å². The molecule has 0 aromatic rings. The third-order valence-electron chi connectivity index (χ3n) is 6.97. The van der Waals surface area contributed by atoms with Crippen molar-refractivity contribution in [1.82, 2.24) is 5.32 Å². The van der Waals surface area contributed by atoms with E-state index in [9.17, 15) is 0 Å². The van der Waals surface area contributed by atoms with Gasteiger partial charge in [-0.2, -0.15) is 0 Å². The van der Waals surface area contributed by atoms with E-state index < -0.39 is 0 Å². The Morgan fingerprint density at radius 2 is 0.594 bits per heavy atom. The quantitative estimate of drug-likeness (QED) is 0.110. The van der Waals surface area contributed by atoms with Gasteiger partial charge in [0.25, 0.3) is 0 Å². The molecule has 0 unspecified atom stereocenters. The first-order chi connectivity index (χ1) is 15.9. The first-order valence-corrected chi connectivity index (χ1v) is 15.2. The van der Waals surface area contributed by atoms with Crippen molar-refractivity contribution < 1.29 is 5.11 Å². The lowest BCUT2D eigenvalue weighted by Crippen LogP contribution is -2.17. The predicted molar refractivity (Wildman–Crippen MR) is 146 cm³/mol. The maximum Gasteiger partial charge on any atom is 0.0443 e. The van der Waals surface area contributed by atoms with E-state index >= 15 is 0 Å². The van der Waals surface area contributed by atoms with E-state index in [2.05, 4.69) is 12.2 Å². The average Bonchev–Trinajstić information content (AvgIpc) is 2.81. The van der Waals surface area contributed by atoms with Crippen LogP contribution in [0.3, 0.4) is 0 Å². The van der Waals surface area contributed by atoms with Crippen molar-refractivity contribution in [3.8, 4) is 0 Å². The number of aliphatic hydroxyl groups excluding tert-OH is 1. The second kappa shape index (κ2) is 30.9. The zero-order chi connectivity index (χ0) is 23.2. The van der Waals surface area contributed by atoms with Crippen LogP contribution >= 0.6 is 0 Å². The summed E-state index contributed by atoms with van der Waals surface area (Å²) in [6.07, 6.45) is 37.2. The fraction of sp³-hybridized carbons (Fsp3) is 1.00. The van der Waals surface area contributed by atoms with Gasteiger partial charge in [0.05, 0.1) is 0 Å². The Hall–Kier alpha value is -0.0800. The maximum absolute atomic E-state index is 8.72. The predicted octanol–water partition coefficient (Wildman–Crippen LogP) is 9.73. The second-order valence-electron chi connectivity index (χ2n) is 10.3. The van der Waals surface area contributed by atoms with Gasteiger partial charge in [-0.05, 0) is 25.9 Å². The minimum Gasteiger partial charge on any atom is -0.396 e. The second-order valence-corrected chi connectivity index (χ2v) is 10.3. The van der Waals surface area contributed by atoms with Crippen molar-refractivity contribution in [3.63, 3.8) is 0 Å². The van der Waals surface area contributed by atoms with Crippen LogP contribution in [0.5, 0.6) is 0 Å². The van der Waals surface area contributed by atoms with Gasteiger partial charge in [-0.1, -0.05) is 161 Å². The van der Waals surface area contributed by atoms with Crippen LogP contribution in [-0.4, -0.2) is 24.8 Å². The van der Waals surface area contributed by atoms with Gasteiger partial charge in [0.15, 0.2) is 0 Å². The molecule has 0 radical (unpaired) electrons. The fourth-order valence-corrected chi connectivity index (χ4v) is 4.72. The first kappa shape index (κ1) is 31.9. The zero-order valence-corrected chi connectivity index (χ0v) is 22.5. The Kier molecular flexibility index (Phi) is 30.8. The molecular formula is C30H63NO. The van der Waals surface area contributed by atoms with Gasteiger partial charge in [-0.3, -0.25) is 0 Å². The smallest absolute Gasteiger partial charge is 0.0443 e. The largest absolute Gasteiger partial charge is 0.396 e. The van der Waals surface area contributed by atoms with E-state index in [0.29, 0.717) is 6.61 Å². The van der Waals surface area contributed by atoms with Crippen LogP contribution in [0.1, 0.15) is 174 Å².